The molecule has 0 aliphatic rings. The van der Waals surface area contributed by atoms with Gasteiger partial charge in [0.05, 0.1) is 18.0 Å². The van der Waals surface area contributed by atoms with Crippen molar-refractivity contribution in [3.63, 3.8) is 0 Å². The predicted octanol–water partition coefficient (Wildman–Crippen LogP) is 3.54. The lowest BCUT2D eigenvalue weighted by Gasteiger charge is -2.28. The molecule has 15 heteroatoms. The van der Waals surface area contributed by atoms with Crippen molar-refractivity contribution >= 4 is 44.8 Å². The normalized spacial score (nSPS) is 12.2. The highest BCUT2D eigenvalue weighted by Gasteiger charge is 2.38. The second kappa shape index (κ2) is 14.3. The number of benzene rings is 1. The fourth-order valence-electron chi connectivity index (χ4n) is 4.12. The molecule has 0 radical (unpaired) electrons. The standard InChI is InChI=1S/C31H33N5O9S/c1-20-9-8-15-32-26(20)23-13-12-22-14-16-33-28(27(22)34-23)35-46(41,42)19-25(38)36(45-30(40)44-31(2,3)4)24(17-37)29(39)43-18-21-10-6-5-7-11-21/h5-16,24,37H,17-19H2,1-4H3,(H,33,35)/t24-/m0/s1. The first kappa shape index (κ1) is 33.7. The van der Waals surface area contributed by atoms with Gasteiger partial charge >= 0.3 is 12.1 Å². The number of anilines is 1. The van der Waals surface area contributed by atoms with E-state index in [1.807, 2.05) is 13.0 Å². The number of aliphatic hydroxyl groups excluding tert-OH is 1. The molecule has 0 saturated heterocycles. The average Bonchev–Trinajstić information content (AvgIpc) is 2.99. The van der Waals surface area contributed by atoms with E-state index in [9.17, 15) is 27.9 Å². The number of fused-ring (bicyclic) bond motifs is 1. The minimum absolute atomic E-state index is 0.136. The minimum Gasteiger partial charge on any atom is -0.459 e. The molecule has 14 nitrogen and oxygen atoms in total. The second-order valence-electron chi connectivity index (χ2n) is 11.0. The van der Waals surface area contributed by atoms with Crippen LogP contribution in [0.15, 0.2) is 73.1 Å². The summed E-state index contributed by atoms with van der Waals surface area (Å²) in [5.74, 6) is -4.05. The van der Waals surface area contributed by atoms with Crippen LogP contribution < -0.4 is 4.72 Å². The van der Waals surface area contributed by atoms with Crippen LogP contribution in [-0.2, 0) is 40.5 Å². The van der Waals surface area contributed by atoms with Gasteiger partial charge < -0.3 is 19.4 Å². The molecule has 4 aromatic rings. The number of aromatic nitrogens is 3. The van der Waals surface area contributed by atoms with E-state index in [4.69, 9.17) is 14.3 Å². The topological polar surface area (TPSA) is 187 Å². The monoisotopic (exact) mass is 651 g/mol. The van der Waals surface area contributed by atoms with E-state index in [0.717, 1.165) is 5.56 Å². The zero-order chi connectivity index (χ0) is 33.5. The molecule has 1 aromatic carbocycles. The van der Waals surface area contributed by atoms with Crippen LogP contribution in [0.2, 0.25) is 0 Å². The van der Waals surface area contributed by atoms with Crippen LogP contribution in [0, 0.1) is 6.92 Å². The van der Waals surface area contributed by atoms with E-state index >= 15 is 0 Å². The zero-order valence-electron chi connectivity index (χ0n) is 25.5. The number of hydroxylamine groups is 2. The summed E-state index contributed by atoms with van der Waals surface area (Å²) in [5.41, 5.74) is 1.61. The van der Waals surface area contributed by atoms with Crippen LogP contribution in [0.1, 0.15) is 31.9 Å². The van der Waals surface area contributed by atoms with Gasteiger partial charge in [0, 0.05) is 17.8 Å². The van der Waals surface area contributed by atoms with Gasteiger partial charge in [0.2, 0.25) is 10.0 Å². The zero-order valence-corrected chi connectivity index (χ0v) is 26.4. The number of nitrogens with one attached hydrogen (secondary N) is 1. The van der Waals surface area contributed by atoms with Crippen molar-refractivity contribution in [2.75, 3.05) is 17.1 Å². The van der Waals surface area contributed by atoms with E-state index in [1.165, 1.54) is 27.0 Å². The van der Waals surface area contributed by atoms with Gasteiger partial charge in [-0.2, -0.15) is 5.06 Å². The van der Waals surface area contributed by atoms with Gasteiger partial charge in [0.1, 0.15) is 17.7 Å². The summed E-state index contributed by atoms with van der Waals surface area (Å²) in [6.45, 7) is 5.13. The highest BCUT2D eigenvalue weighted by Crippen LogP contribution is 2.26. The van der Waals surface area contributed by atoms with Gasteiger partial charge in [-0.15, -0.1) is 0 Å². The highest BCUT2D eigenvalue weighted by atomic mass is 32.2. The van der Waals surface area contributed by atoms with E-state index in [-0.39, 0.29) is 23.0 Å². The smallest absolute Gasteiger partial charge is 0.459 e. The Hall–Kier alpha value is -5.15. The van der Waals surface area contributed by atoms with Gasteiger partial charge in [-0.1, -0.05) is 42.5 Å². The molecule has 0 saturated carbocycles. The largest absolute Gasteiger partial charge is 0.534 e. The number of aryl methyl sites for hydroxylation is 1. The molecule has 2 N–H and O–H groups in total. The Morgan fingerprint density at radius 2 is 1.72 bits per heavy atom. The second-order valence-corrected chi connectivity index (χ2v) is 12.7. The summed E-state index contributed by atoms with van der Waals surface area (Å²) in [7, 11) is -4.57. The maximum absolute atomic E-state index is 13.4. The van der Waals surface area contributed by atoms with Crippen molar-refractivity contribution in [2.24, 2.45) is 0 Å². The van der Waals surface area contributed by atoms with Gasteiger partial charge in [-0.05, 0) is 57.0 Å². The number of rotatable bonds is 10. The van der Waals surface area contributed by atoms with Gasteiger partial charge in [-0.25, -0.2) is 28.0 Å². The first-order chi connectivity index (χ1) is 21.8. The molecule has 1 atom stereocenters. The molecule has 0 fully saturated rings. The van der Waals surface area contributed by atoms with Gasteiger partial charge in [0.25, 0.3) is 5.91 Å². The van der Waals surface area contributed by atoms with Crippen molar-refractivity contribution in [3.8, 4) is 11.4 Å². The molecule has 46 heavy (non-hydrogen) atoms. The summed E-state index contributed by atoms with van der Waals surface area (Å²) in [6.07, 6.45) is 1.55. The highest BCUT2D eigenvalue weighted by molar-refractivity contribution is 7.93. The van der Waals surface area contributed by atoms with Crippen molar-refractivity contribution < 1.29 is 42.2 Å². The maximum Gasteiger partial charge on any atom is 0.534 e. The number of hydrogen-bond donors (Lipinski definition) is 2. The summed E-state index contributed by atoms with van der Waals surface area (Å²) in [4.78, 5) is 56.8. The number of amides is 1. The van der Waals surface area contributed by atoms with Crippen LogP contribution in [0.5, 0.6) is 0 Å². The third-order valence-electron chi connectivity index (χ3n) is 6.19. The number of carbonyl (C=O) groups excluding carboxylic acids is 3. The van der Waals surface area contributed by atoms with E-state index in [1.54, 1.807) is 60.8 Å². The summed E-state index contributed by atoms with van der Waals surface area (Å²) < 4.78 is 39.1. The van der Waals surface area contributed by atoms with E-state index in [0.29, 0.717) is 22.3 Å². The maximum atomic E-state index is 13.4. The van der Waals surface area contributed by atoms with E-state index in [2.05, 4.69) is 19.7 Å². The Morgan fingerprint density at radius 3 is 2.39 bits per heavy atom. The first-order valence-electron chi connectivity index (χ1n) is 14.0. The van der Waals surface area contributed by atoms with Crippen LogP contribution in [0.25, 0.3) is 22.3 Å². The fraction of sp³-hybridized carbons (Fsp3) is 0.290. The average molecular weight is 652 g/mol. The number of nitrogens with zero attached hydrogens (tertiary/aromatic N) is 4. The fourth-order valence-corrected chi connectivity index (χ4v) is 5.09. The number of sulfonamides is 1. The summed E-state index contributed by atoms with van der Waals surface area (Å²) in [6, 6.07) is 15.3. The van der Waals surface area contributed by atoms with Crippen LogP contribution in [0.4, 0.5) is 10.6 Å². The molecule has 0 bridgehead atoms. The Morgan fingerprint density at radius 1 is 0.978 bits per heavy atom. The van der Waals surface area contributed by atoms with Crippen LogP contribution in [0.3, 0.4) is 0 Å². The lowest BCUT2D eigenvalue weighted by Crippen LogP contribution is -2.51. The Balaban J connectivity index is 1.59. The summed E-state index contributed by atoms with van der Waals surface area (Å²) in [5, 5.41) is 10.7. The molecule has 1 amide bonds. The number of carbonyl (C=O) groups is 3. The molecular formula is C31H33N5O9S. The third kappa shape index (κ3) is 8.95. The minimum atomic E-state index is -4.57. The molecule has 0 spiro atoms. The predicted molar refractivity (Wildman–Crippen MR) is 166 cm³/mol. The van der Waals surface area contributed by atoms with Crippen LogP contribution >= 0.6 is 0 Å². The van der Waals surface area contributed by atoms with Crippen molar-refractivity contribution in [1.82, 2.24) is 20.0 Å². The lowest BCUT2D eigenvalue weighted by molar-refractivity contribution is -0.199. The first-order valence-corrected chi connectivity index (χ1v) is 15.6. The molecule has 0 aliphatic heterocycles. The SMILES string of the molecule is Cc1cccnc1-c1ccc2ccnc(NS(=O)(=O)CC(=O)N(OC(=O)OC(C)(C)C)[C@@H](CO)C(=O)OCc3ccccc3)c2n1. The van der Waals surface area contributed by atoms with Crippen LogP contribution in [-0.4, -0.2) is 75.6 Å². The molecule has 242 valence electrons. The van der Waals surface area contributed by atoms with Gasteiger partial charge in [0.15, 0.2) is 17.6 Å². The number of aliphatic hydroxyl groups is 1. The van der Waals surface area contributed by atoms with Crippen molar-refractivity contribution in [1.29, 1.82) is 0 Å². The molecule has 0 unspecified atom stereocenters. The van der Waals surface area contributed by atoms with Crippen molar-refractivity contribution in [3.05, 3.63) is 84.2 Å². The number of esters is 1. The Bertz CT molecular complexity index is 1830. The molecule has 4 rings (SSSR count). The van der Waals surface area contributed by atoms with E-state index < -0.39 is 52.1 Å². The Kier molecular flexibility index (Phi) is 10.5. The molecular weight excluding hydrogens is 618 g/mol. The number of hydrogen-bond acceptors (Lipinski definition) is 12. The Labute approximate surface area is 265 Å². The molecule has 3 heterocycles. The molecule has 0 aliphatic carbocycles. The van der Waals surface area contributed by atoms with Crippen molar-refractivity contribution in [2.45, 2.75) is 45.9 Å². The third-order valence-corrected chi connectivity index (χ3v) is 7.32. The lowest BCUT2D eigenvalue weighted by atomic mass is 10.1. The number of ether oxygens (including phenoxy) is 2. The van der Waals surface area contributed by atoms with Gasteiger partial charge in [-0.3, -0.25) is 14.5 Å². The molecule has 3 aromatic heterocycles. The number of pyridine rings is 3. The quantitative estimate of drug-likeness (QED) is 0.188. The summed E-state index contributed by atoms with van der Waals surface area (Å²) >= 11 is 0.